The van der Waals surface area contributed by atoms with E-state index in [2.05, 4.69) is 52.3 Å². The predicted octanol–water partition coefficient (Wildman–Crippen LogP) is 0.403. The number of benzene rings is 1. The number of ether oxygens (including phenoxy) is 1. The van der Waals surface area contributed by atoms with Gasteiger partial charge in [-0.3, -0.25) is 4.57 Å². The molecule has 0 saturated carbocycles. The number of aliphatic hydroxyl groups excluding tert-OH is 3. The SMILES string of the molecule is OC[C@H]1OC(n2cnc3cncnc32)[C@@H](O)[C@@H]1O.c1ccc(CNc2ncnc3nc[nH]c23)cc1. The molecule has 6 rings (SSSR count). The largest absolute Gasteiger partial charge is 0.394 e. The second-order valence-electron chi connectivity index (χ2n) is 7.77. The molecule has 4 aromatic heterocycles. The maximum atomic E-state index is 9.91. The highest BCUT2D eigenvalue weighted by Crippen LogP contribution is 2.30. The van der Waals surface area contributed by atoms with Gasteiger partial charge in [0.05, 0.1) is 25.5 Å². The number of hydrogen-bond donors (Lipinski definition) is 5. The van der Waals surface area contributed by atoms with Gasteiger partial charge in [-0.1, -0.05) is 30.3 Å². The molecule has 1 aliphatic rings. The lowest BCUT2D eigenvalue weighted by atomic mass is 10.1. The second kappa shape index (κ2) is 10.1. The van der Waals surface area contributed by atoms with Gasteiger partial charge in [0, 0.05) is 6.54 Å². The molecule has 0 amide bonds. The Morgan fingerprint density at radius 1 is 1.00 bits per heavy atom. The standard InChI is InChI=1S/C12H11N5.C10H12N4O4/c1-2-4-9(5-3-1)6-13-11-10-12(15-7-14-10)17-8-16-11;15-2-6-7(16)8(17)10(18-6)14-4-13-5-1-11-3-12-9(5)14/h1-5,7-8H,6H2,(H2,13,14,15,16,17);1,3-4,6-8,10,15-17H,2H2/t;6-,7-,8+,10?/m.1/s1. The molecule has 5 N–H and O–H groups in total. The van der Waals surface area contributed by atoms with Crippen molar-refractivity contribution in [3.8, 4) is 0 Å². The molecule has 1 fully saturated rings. The zero-order valence-corrected chi connectivity index (χ0v) is 18.4. The Kier molecular flexibility index (Phi) is 6.54. The third-order valence-electron chi connectivity index (χ3n) is 5.56. The van der Waals surface area contributed by atoms with E-state index in [1.54, 1.807) is 12.5 Å². The summed E-state index contributed by atoms with van der Waals surface area (Å²) < 4.78 is 6.91. The van der Waals surface area contributed by atoms with E-state index >= 15 is 0 Å². The lowest BCUT2D eigenvalue weighted by molar-refractivity contribution is -0.0511. The monoisotopic (exact) mass is 477 g/mol. The molecular formula is C22H23N9O4. The molecule has 5 heterocycles. The zero-order valence-electron chi connectivity index (χ0n) is 18.4. The van der Waals surface area contributed by atoms with Gasteiger partial charge in [-0.05, 0) is 5.56 Å². The van der Waals surface area contributed by atoms with Gasteiger partial charge in [0.25, 0.3) is 0 Å². The van der Waals surface area contributed by atoms with Crippen molar-refractivity contribution in [2.24, 2.45) is 0 Å². The fraction of sp³-hybridized carbons (Fsp3) is 0.273. The lowest BCUT2D eigenvalue weighted by Gasteiger charge is -2.16. The molecule has 0 bridgehead atoms. The fourth-order valence-corrected chi connectivity index (χ4v) is 3.76. The van der Waals surface area contributed by atoms with Crippen molar-refractivity contribution in [2.75, 3.05) is 11.9 Å². The molecule has 1 unspecified atom stereocenters. The number of imidazole rings is 2. The lowest BCUT2D eigenvalue weighted by Crippen LogP contribution is -2.33. The molecule has 13 heteroatoms. The molecule has 1 aromatic carbocycles. The summed E-state index contributed by atoms with van der Waals surface area (Å²) in [4.78, 5) is 27.3. The highest BCUT2D eigenvalue weighted by atomic mass is 16.6. The van der Waals surface area contributed by atoms with Crippen molar-refractivity contribution in [1.29, 1.82) is 0 Å². The number of nitrogens with one attached hydrogen (secondary N) is 2. The average molecular weight is 477 g/mol. The Hall–Kier alpha value is -4.04. The number of aromatic nitrogens is 8. The average Bonchev–Trinajstić information content (AvgIpc) is 3.62. The van der Waals surface area contributed by atoms with Gasteiger partial charge in [0.2, 0.25) is 0 Å². The Labute approximate surface area is 198 Å². The number of fused-ring (bicyclic) bond motifs is 2. The number of H-pyrrole nitrogens is 1. The van der Waals surface area contributed by atoms with Crippen molar-refractivity contribution in [3.63, 3.8) is 0 Å². The minimum atomic E-state index is -1.14. The molecule has 0 spiro atoms. The molecule has 1 aliphatic heterocycles. The van der Waals surface area contributed by atoms with Crippen LogP contribution in [0.25, 0.3) is 22.3 Å². The molecule has 4 atom stereocenters. The third-order valence-corrected chi connectivity index (χ3v) is 5.56. The number of hydrogen-bond acceptors (Lipinski definition) is 11. The van der Waals surface area contributed by atoms with Gasteiger partial charge < -0.3 is 30.4 Å². The zero-order chi connectivity index (χ0) is 24.2. The van der Waals surface area contributed by atoms with Gasteiger partial charge in [-0.25, -0.2) is 29.9 Å². The Morgan fingerprint density at radius 2 is 1.86 bits per heavy atom. The summed E-state index contributed by atoms with van der Waals surface area (Å²) in [5, 5.41) is 31.9. The summed E-state index contributed by atoms with van der Waals surface area (Å²) in [7, 11) is 0. The topological polar surface area (TPSA) is 180 Å². The van der Waals surface area contributed by atoms with E-state index in [0.29, 0.717) is 16.8 Å². The van der Waals surface area contributed by atoms with E-state index < -0.39 is 24.5 Å². The first-order valence-electron chi connectivity index (χ1n) is 10.8. The quantitative estimate of drug-likeness (QED) is 0.236. The first-order valence-corrected chi connectivity index (χ1v) is 10.8. The molecule has 35 heavy (non-hydrogen) atoms. The van der Waals surface area contributed by atoms with Crippen LogP contribution in [0.1, 0.15) is 11.8 Å². The van der Waals surface area contributed by atoms with Crippen LogP contribution in [0.3, 0.4) is 0 Å². The maximum absolute atomic E-state index is 9.91. The van der Waals surface area contributed by atoms with Gasteiger partial charge >= 0.3 is 0 Å². The van der Waals surface area contributed by atoms with Crippen LogP contribution in [-0.2, 0) is 11.3 Å². The number of nitrogens with zero attached hydrogens (tertiary/aromatic N) is 7. The number of aromatic amines is 1. The van der Waals surface area contributed by atoms with Crippen LogP contribution < -0.4 is 5.32 Å². The van der Waals surface area contributed by atoms with Crippen LogP contribution in [0, 0.1) is 0 Å². The molecular weight excluding hydrogens is 454 g/mol. The van der Waals surface area contributed by atoms with Crippen LogP contribution in [0.2, 0.25) is 0 Å². The van der Waals surface area contributed by atoms with E-state index in [9.17, 15) is 10.2 Å². The molecule has 13 nitrogen and oxygen atoms in total. The first kappa shape index (κ1) is 22.7. The van der Waals surface area contributed by atoms with Crippen LogP contribution in [0.15, 0.2) is 61.8 Å². The predicted molar refractivity (Wildman–Crippen MR) is 124 cm³/mol. The van der Waals surface area contributed by atoms with Crippen LogP contribution in [0.4, 0.5) is 5.82 Å². The van der Waals surface area contributed by atoms with E-state index in [-0.39, 0.29) is 6.61 Å². The highest BCUT2D eigenvalue weighted by molar-refractivity contribution is 5.81. The summed E-state index contributed by atoms with van der Waals surface area (Å²) in [5.74, 6) is 0.774. The Bertz CT molecular complexity index is 1390. The van der Waals surface area contributed by atoms with Crippen LogP contribution in [-0.4, -0.2) is 79.7 Å². The molecule has 0 radical (unpaired) electrons. The molecule has 180 valence electrons. The first-order chi connectivity index (χ1) is 17.2. The van der Waals surface area contributed by atoms with E-state index in [4.69, 9.17) is 9.84 Å². The number of rotatable bonds is 5. The van der Waals surface area contributed by atoms with Crippen LogP contribution >= 0.6 is 0 Å². The molecule has 0 aliphatic carbocycles. The van der Waals surface area contributed by atoms with E-state index in [1.807, 2.05) is 18.2 Å². The summed E-state index contributed by atoms with van der Waals surface area (Å²) in [6, 6.07) is 10.2. The maximum Gasteiger partial charge on any atom is 0.182 e. The summed E-state index contributed by atoms with van der Waals surface area (Å²) in [6.45, 7) is 0.363. The van der Waals surface area contributed by atoms with Gasteiger partial charge in [0.1, 0.15) is 42.0 Å². The molecule has 5 aromatic rings. The van der Waals surface area contributed by atoms with Crippen molar-refractivity contribution < 1.29 is 20.1 Å². The van der Waals surface area contributed by atoms with Crippen molar-refractivity contribution in [3.05, 3.63) is 67.4 Å². The number of anilines is 1. The Morgan fingerprint density at radius 3 is 2.66 bits per heavy atom. The third kappa shape index (κ3) is 4.65. The highest BCUT2D eigenvalue weighted by Gasteiger charge is 2.43. The van der Waals surface area contributed by atoms with Crippen molar-refractivity contribution in [2.45, 2.75) is 31.1 Å². The van der Waals surface area contributed by atoms with Gasteiger partial charge in [0.15, 0.2) is 23.3 Å². The fourth-order valence-electron chi connectivity index (χ4n) is 3.76. The minimum absolute atomic E-state index is 0.365. The van der Waals surface area contributed by atoms with Gasteiger partial charge in [-0.2, -0.15) is 0 Å². The van der Waals surface area contributed by atoms with Crippen molar-refractivity contribution >= 4 is 28.1 Å². The summed E-state index contributed by atoms with van der Waals surface area (Å²) >= 11 is 0. The Balaban J connectivity index is 0.000000145. The normalized spacial score (nSPS) is 21.7. The summed E-state index contributed by atoms with van der Waals surface area (Å²) in [6.07, 6.45) is 3.57. The summed E-state index contributed by atoms with van der Waals surface area (Å²) in [5.41, 5.74) is 3.79. The number of aliphatic hydroxyl groups is 3. The van der Waals surface area contributed by atoms with Gasteiger partial charge in [-0.15, -0.1) is 0 Å². The van der Waals surface area contributed by atoms with E-state index in [1.165, 1.54) is 29.1 Å². The minimum Gasteiger partial charge on any atom is -0.394 e. The van der Waals surface area contributed by atoms with Crippen molar-refractivity contribution in [1.82, 2.24) is 39.5 Å². The van der Waals surface area contributed by atoms with E-state index in [0.717, 1.165) is 17.9 Å². The van der Waals surface area contributed by atoms with Crippen LogP contribution in [0.5, 0.6) is 0 Å². The molecule has 1 saturated heterocycles. The second-order valence-corrected chi connectivity index (χ2v) is 7.77. The smallest absolute Gasteiger partial charge is 0.182 e.